The van der Waals surface area contributed by atoms with Gasteiger partial charge in [-0.05, 0) is 25.1 Å². The second kappa shape index (κ2) is 9.78. The van der Waals surface area contributed by atoms with E-state index < -0.39 is 0 Å². The molecule has 9 heteroatoms. The Morgan fingerprint density at radius 3 is 2.57 bits per heavy atom. The Morgan fingerprint density at radius 1 is 1.21 bits per heavy atom. The van der Waals surface area contributed by atoms with Crippen LogP contribution in [0.5, 0.6) is 0 Å². The average Bonchev–Trinajstić information content (AvgIpc) is 2.75. The summed E-state index contributed by atoms with van der Waals surface area (Å²) in [5, 5.41) is 17.7. The Balaban J connectivity index is 2.15. The van der Waals surface area contributed by atoms with Crippen molar-refractivity contribution in [3.63, 3.8) is 0 Å². The van der Waals surface area contributed by atoms with Crippen molar-refractivity contribution < 1.29 is 4.79 Å². The van der Waals surface area contributed by atoms with E-state index in [1.807, 2.05) is 20.0 Å². The van der Waals surface area contributed by atoms with Gasteiger partial charge in [0.2, 0.25) is 5.95 Å². The highest BCUT2D eigenvalue weighted by Crippen LogP contribution is 2.22. The van der Waals surface area contributed by atoms with Crippen LogP contribution in [0.3, 0.4) is 0 Å². The SMILES string of the molecule is C=NN(N=C)c1ccccc1C(=O)N(CC)CCN(C)c1nccc(C#N)n1. The third-order valence-electron chi connectivity index (χ3n) is 4.09. The van der Waals surface area contributed by atoms with Crippen LogP contribution in [0, 0.1) is 11.3 Å². The van der Waals surface area contributed by atoms with Gasteiger partial charge >= 0.3 is 0 Å². The van der Waals surface area contributed by atoms with Gasteiger partial charge in [0, 0.05) is 46.3 Å². The first-order valence-electron chi connectivity index (χ1n) is 8.61. The van der Waals surface area contributed by atoms with Crippen molar-refractivity contribution in [2.24, 2.45) is 10.2 Å². The molecule has 1 aromatic heterocycles. The van der Waals surface area contributed by atoms with Crippen LogP contribution in [0.4, 0.5) is 11.6 Å². The summed E-state index contributed by atoms with van der Waals surface area (Å²) < 4.78 is 0. The van der Waals surface area contributed by atoms with Gasteiger partial charge in [0.25, 0.3) is 5.91 Å². The molecule has 0 N–H and O–H groups in total. The molecule has 1 amide bonds. The van der Waals surface area contributed by atoms with Crippen LogP contribution in [0.15, 0.2) is 46.7 Å². The minimum absolute atomic E-state index is 0.157. The van der Waals surface area contributed by atoms with E-state index in [4.69, 9.17) is 5.26 Å². The van der Waals surface area contributed by atoms with Crippen molar-refractivity contribution in [2.45, 2.75) is 6.92 Å². The molecule has 1 aromatic carbocycles. The highest BCUT2D eigenvalue weighted by Gasteiger charge is 2.20. The van der Waals surface area contributed by atoms with Crippen LogP contribution in [-0.2, 0) is 0 Å². The third kappa shape index (κ3) is 4.67. The maximum Gasteiger partial charge on any atom is 0.256 e. The van der Waals surface area contributed by atoms with Crippen molar-refractivity contribution in [3.05, 3.63) is 47.8 Å². The van der Waals surface area contributed by atoms with E-state index >= 15 is 0 Å². The second-order valence-electron chi connectivity index (χ2n) is 5.75. The molecule has 28 heavy (non-hydrogen) atoms. The summed E-state index contributed by atoms with van der Waals surface area (Å²) >= 11 is 0. The molecular formula is C19H22N8O. The Kier molecular flexibility index (Phi) is 7.16. The molecule has 144 valence electrons. The zero-order valence-corrected chi connectivity index (χ0v) is 16.0. The number of aromatic nitrogens is 2. The van der Waals surface area contributed by atoms with Gasteiger partial charge in [0.15, 0.2) is 0 Å². The maximum absolute atomic E-state index is 13.1. The smallest absolute Gasteiger partial charge is 0.256 e. The van der Waals surface area contributed by atoms with Crippen molar-refractivity contribution in [1.82, 2.24) is 14.9 Å². The van der Waals surface area contributed by atoms with Crippen LogP contribution >= 0.6 is 0 Å². The van der Waals surface area contributed by atoms with Gasteiger partial charge in [-0.15, -0.1) is 0 Å². The molecular weight excluding hydrogens is 356 g/mol. The second-order valence-corrected chi connectivity index (χ2v) is 5.75. The van der Waals surface area contributed by atoms with E-state index in [9.17, 15) is 4.79 Å². The fourth-order valence-corrected chi connectivity index (χ4v) is 2.56. The largest absolute Gasteiger partial charge is 0.342 e. The molecule has 0 saturated heterocycles. The number of hydrogen-bond acceptors (Lipinski definition) is 8. The molecule has 2 aromatic rings. The molecule has 2 rings (SSSR count). The number of para-hydroxylation sites is 1. The summed E-state index contributed by atoms with van der Waals surface area (Å²) in [6.07, 6.45) is 1.54. The van der Waals surface area contributed by atoms with E-state index in [2.05, 4.69) is 33.6 Å². The Hall–Kier alpha value is -3.80. The number of carbonyl (C=O) groups is 1. The molecule has 0 spiro atoms. The molecule has 0 saturated carbocycles. The van der Waals surface area contributed by atoms with Gasteiger partial charge in [-0.3, -0.25) is 4.79 Å². The first-order chi connectivity index (χ1) is 13.5. The van der Waals surface area contributed by atoms with Gasteiger partial charge in [-0.2, -0.15) is 20.6 Å². The van der Waals surface area contributed by atoms with E-state index in [0.29, 0.717) is 42.5 Å². The third-order valence-corrected chi connectivity index (χ3v) is 4.09. The van der Waals surface area contributed by atoms with Gasteiger partial charge in [-0.25, -0.2) is 9.97 Å². The molecule has 0 bridgehead atoms. The fourth-order valence-electron chi connectivity index (χ4n) is 2.56. The van der Waals surface area contributed by atoms with E-state index in [1.165, 1.54) is 11.3 Å². The average molecular weight is 378 g/mol. The summed E-state index contributed by atoms with van der Waals surface area (Å²) in [5.74, 6) is 0.274. The lowest BCUT2D eigenvalue weighted by atomic mass is 10.1. The van der Waals surface area contributed by atoms with E-state index in [0.717, 1.165) is 0 Å². The van der Waals surface area contributed by atoms with Crippen LogP contribution in [0.2, 0.25) is 0 Å². The van der Waals surface area contributed by atoms with Crippen LogP contribution in [0.25, 0.3) is 0 Å². The van der Waals surface area contributed by atoms with Crippen LogP contribution in [-0.4, -0.2) is 60.9 Å². The summed E-state index contributed by atoms with van der Waals surface area (Å²) in [6, 6.07) is 10.6. The van der Waals surface area contributed by atoms with E-state index in [-0.39, 0.29) is 5.91 Å². The number of hydrogen-bond donors (Lipinski definition) is 0. The van der Waals surface area contributed by atoms with Crippen LogP contribution in [0.1, 0.15) is 23.0 Å². The molecule has 1 heterocycles. The van der Waals surface area contributed by atoms with Gasteiger partial charge in [-0.1, -0.05) is 12.1 Å². The zero-order valence-electron chi connectivity index (χ0n) is 16.0. The summed E-state index contributed by atoms with van der Waals surface area (Å²) in [7, 11) is 1.81. The van der Waals surface area contributed by atoms with Crippen molar-refractivity contribution in [2.75, 3.05) is 36.7 Å². The molecule has 0 fully saturated rings. The Morgan fingerprint density at radius 2 is 1.93 bits per heavy atom. The lowest BCUT2D eigenvalue weighted by Gasteiger charge is -2.26. The number of rotatable bonds is 9. The first-order valence-corrected chi connectivity index (χ1v) is 8.61. The zero-order chi connectivity index (χ0) is 20.5. The summed E-state index contributed by atoms with van der Waals surface area (Å²) in [5.41, 5.74) is 1.26. The van der Waals surface area contributed by atoms with Crippen molar-refractivity contribution in [3.8, 4) is 6.07 Å². The monoisotopic (exact) mass is 378 g/mol. The highest BCUT2D eigenvalue weighted by atomic mass is 16.2. The molecule has 0 unspecified atom stereocenters. The highest BCUT2D eigenvalue weighted by molar-refractivity contribution is 5.99. The number of anilines is 2. The number of hydrazone groups is 2. The number of nitriles is 1. The number of nitrogens with zero attached hydrogens (tertiary/aromatic N) is 8. The Bertz CT molecular complexity index is 883. The predicted octanol–water partition coefficient (Wildman–Crippen LogP) is 1.98. The summed E-state index contributed by atoms with van der Waals surface area (Å²) in [4.78, 5) is 24.9. The standard InChI is InChI=1S/C19H22N8O/c1-5-26(13-12-25(4)19-23-11-10-15(14-20)24-19)18(28)16-8-6-7-9-17(16)27(21-2)22-3/h6-11H,2-3,5,12-13H2,1,4H3. The minimum atomic E-state index is -0.157. The molecule has 0 atom stereocenters. The minimum Gasteiger partial charge on any atom is -0.342 e. The van der Waals surface area contributed by atoms with Gasteiger partial charge in [0.1, 0.15) is 11.8 Å². The van der Waals surface area contributed by atoms with E-state index in [1.54, 1.807) is 40.1 Å². The van der Waals surface area contributed by atoms with Gasteiger partial charge < -0.3 is 9.80 Å². The lowest BCUT2D eigenvalue weighted by Crippen LogP contribution is -2.38. The normalized spacial score (nSPS) is 9.89. The number of carbonyl (C=O) groups excluding carboxylic acids is 1. The van der Waals surface area contributed by atoms with Crippen LogP contribution < -0.4 is 10.0 Å². The maximum atomic E-state index is 13.1. The fraction of sp³-hybridized carbons (Fsp3) is 0.263. The molecule has 0 aliphatic rings. The molecule has 0 aliphatic carbocycles. The lowest BCUT2D eigenvalue weighted by molar-refractivity contribution is 0.0769. The molecule has 0 aliphatic heterocycles. The van der Waals surface area contributed by atoms with Crippen molar-refractivity contribution in [1.29, 1.82) is 5.26 Å². The van der Waals surface area contributed by atoms with Gasteiger partial charge in [0.05, 0.1) is 11.3 Å². The first kappa shape index (κ1) is 20.5. The van der Waals surface area contributed by atoms with Crippen molar-refractivity contribution >= 4 is 31.0 Å². The topological polar surface area (TPSA) is 101 Å². The number of amides is 1. The predicted molar refractivity (Wildman–Crippen MR) is 110 cm³/mol. The quantitative estimate of drug-likeness (QED) is 0.488. The Labute approximate surface area is 164 Å². The number of benzene rings is 1. The molecule has 9 nitrogen and oxygen atoms in total. The summed E-state index contributed by atoms with van der Waals surface area (Å²) in [6.45, 7) is 10.3. The number of likely N-dealkylation sites (N-methyl/N-ethyl adjacent to an activating group) is 2. The molecule has 0 radical (unpaired) electrons.